The molecule has 1 aliphatic rings. The van der Waals surface area contributed by atoms with Gasteiger partial charge >= 0.3 is 0 Å². The molecular weight excluding hydrogens is 282 g/mol. The first kappa shape index (κ1) is 16.3. The van der Waals surface area contributed by atoms with E-state index in [0.717, 1.165) is 19.1 Å². The number of rotatable bonds is 8. The van der Waals surface area contributed by atoms with Gasteiger partial charge in [-0.2, -0.15) is 0 Å². The summed E-state index contributed by atoms with van der Waals surface area (Å²) in [5.41, 5.74) is 1.11. The molecule has 1 heterocycles. The van der Waals surface area contributed by atoms with Gasteiger partial charge in [-0.3, -0.25) is 9.59 Å². The summed E-state index contributed by atoms with van der Waals surface area (Å²) in [6.45, 7) is 2.83. The zero-order chi connectivity index (χ0) is 15.9. The molecule has 5 heteroatoms. The number of hydrogen-bond donors (Lipinski definition) is 0. The molecule has 22 heavy (non-hydrogen) atoms. The monoisotopic (exact) mass is 305 g/mol. The van der Waals surface area contributed by atoms with Crippen molar-refractivity contribution in [1.82, 2.24) is 0 Å². The minimum absolute atomic E-state index is 0.0127. The van der Waals surface area contributed by atoms with Crippen molar-refractivity contribution in [2.45, 2.75) is 39.0 Å². The number of aldehydes is 1. The Bertz CT molecular complexity index is 542. The van der Waals surface area contributed by atoms with E-state index in [1.165, 1.54) is 26.4 Å². The van der Waals surface area contributed by atoms with E-state index in [-0.39, 0.29) is 12.5 Å². The standard InChI is InChI=1S/C17H23NO4/c1-3-4-5-6-7-8-18-14-9-13(11-19)10-15(21-2)17(14)22-12-16(18)20/h9-11H,3-8,12H2,1-2H3. The first-order chi connectivity index (χ1) is 10.7. The Hall–Kier alpha value is -2.04. The van der Waals surface area contributed by atoms with Gasteiger partial charge in [0, 0.05) is 12.1 Å². The Labute approximate surface area is 131 Å². The van der Waals surface area contributed by atoms with Crippen molar-refractivity contribution in [3.05, 3.63) is 17.7 Å². The molecule has 0 atom stereocenters. The van der Waals surface area contributed by atoms with Gasteiger partial charge in [-0.15, -0.1) is 0 Å². The van der Waals surface area contributed by atoms with Crippen LogP contribution in [-0.2, 0) is 4.79 Å². The average Bonchev–Trinajstić information content (AvgIpc) is 2.55. The average molecular weight is 305 g/mol. The second-order valence-corrected chi connectivity index (χ2v) is 5.44. The summed E-state index contributed by atoms with van der Waals surface area (Å²) >= 11 is 0. The van der Waals surface area contributed by atoms with E-state index in [9.17, 15) is 9.59 Å². The highest BCUT2D eigenvalue weighted by atomic mass is 16.5. The molecule has 0 saturated carbocycles. The predicted molar refractivity (Wildman–Crippen MR) is 85.0 cm³/mol. The third kappa shape index (κ3) is 3.59. The Balaban J connectivity index is 2.18. The van der Waals surface area contributed by atoms with Crippen LogP contribution in [0.2, 0.25) is 0 Å². The maximum Gasteiger partial charge on any atom is 0.265 e. The van der Waals surface area contributed by atoms with E-state index in [2.05, 4.69) is 6.92 Å². The van der Waals surface area contributed by atoms with Crippen LogP contribution in [0.3, 0.4) is 0 Å². The van der Waals surface area contributed by atoms with Crippen molar-refractivity contribution in [3.8, 4) is 11.5 Å². The summed E-state index contributed by atoms with van der Waals surface area (Å²) in [4.78, 5) is 24.9. The Morgan fingerprint density at radius 3 is 2.73 bits per heavy atom. The molecule has 5 nitrogen and oxygen atoms in total. The molecule has 0 spiro atoms. The largest absolute Gasteiger partial charge is 0.493 e. The maximum absolute atomic E-state index is 12.1. The van der Waals surface area contributed by atoms with Crippen LogP contribution in [0.4, 0.5) is 5.69 Å². The molecule has 0 bridgehead atoms. The number of nitrogens with zero attached hydrogens (tertiary/aromatic N) is 1. The molecule has 1 aromatic carbocycles. The van der Waals surface area contributed by atoms with Crippen LogP contribution in [0.15, 0.2) is 12.1 Å². The topological polar surface area (TPSA) is 55.8 Å². The summed E-state index contributed by atoms with van der Waals surface area (Å²) in [6, 6.07) is 3.31. The minimum Gasteiger partial charge on any atom is -0.493 e. The SMILES string of the molecule is CCCCCCCN1C(=O)COc2c(OC)cc(C=O)cc21. The van der Waals surface area contributed by atoms with Crippen LogP contribution in [0, 0.1) is 0 Å². The summed E-state index contributed by atoms with van der Waals surface area (Å²) < 4.78 is 10.8. The molecule has 0 aromatic heterocycles. The lowest BCUT2D eigenvalue weighted by Gasteiger charge is -2.30. The zero-order valence-corrected chi connectivity index (χ0v) is 13.3. The van der Waals surface area contributed by atoms with Crippen LogP contribution in [0.25, 0.3) is 0 Å². The fourth-order valence-corrected chi connectivity index (χ4v) is 2.64. The highest BCUT2D eigenvalue weighted by molar-refractivity contribution is 5.99. The lowest BCUT2D eigenvalue weighted by molar-refractivity contribution is -0.121. The molecular formula is C17H23NO4. The molecule has 0 N–H and O–H groups in total. The number of ether oxygens (including phenoxy) is 2. The van der Waals surface area contributed by atoms with E-state index < -0.39 is 0 Å². The van der Waals surface area contributed by atoms with Gasteiger partial charge in [0.15, 0.2) is 18.1 Å². The number of benzene rings is 1. The number of carbonyl (C=O) groups is 2. The molecule has 1 aromatic rings. The number of anilines is 1. The van der Waals surface area contributed by atoms with Gasteiger partial charge in [-0.05, 0) is 18.6 Å². The van der Waals surface area contributed by atoms with Crippen molar-refractivity contribution >= 4 is 17.9 Å². The van der Waals surface area contributed by atoms with Crippen molar-refractivity contribution in [3.63, 3.8) is 0 Å². The van der Waals surface area contributed by atoms with Gasteiger partial charge < -0.3 is 14.4 Å². The Morgan fingerprint density at radius 2 is 2.05 bits per heavy atom. The Kier molecular flexibility index (Phi) is 5.81. The number of fused-ring (bicyclic) bond motifs is 1. The summed E-state index contributed by atoms with van der Waals surface area (Å²) in [7, 11) is 1.53. The summed E-state index contributed by atoms with van der Waals surface area (Å²) in [5, 5.41) is 0. The van der Waals surface area contributed by atoms with Gasteiger partial charge in [0.2, 0.25) is 0 Å². The fourth-order valence-electron chi connectivity index (χ4n) is 2.64. The lowest BCUT2D eigenvalue weighted by atomic mass is 10.1. The molecule has 0 saturated heterocycles. The lowest BCUT2D eigenvalue weighted by Crippen LogP contribution is -2.39. The van der Waals surface area contributed by atoms with Gasteiger partial charge in [-0.25, -0.2) is 0 Å². The second-order valence-electron chi connectivity index (χ2n) is 5.44. The van der Waals surface area contributed by atoms with E-state index >= 15 is 0 Å². The molecule has 2 rings (SSSR count). The molecule has 0 fully saturated rings. The second kappa shape index (κ2) is 7.82. The summed E-state index contributed by atoms with van der Waals surface area (Å²) in [5.74, 6) is 0.956. The highest BCUT2D eigenvalue weighted by Crippen LogP contribution is 2.41. The van der Waals surface area contributed by atoms with Gasteiger partial charge in [0.1, 0.15) is 6.29 Å². The molecule has 1 aliphatic heterocycles. The highest BCUT2D eigenvalue weighted by Gasteiger charge is 2.28. The first-order valence-corrected chi connectivity index (χ1v) is 7.81. The predicted octanol–water partition coefficient (Wildman–Crippen LogP) is 3.20. The van der Waals surface area contributed by atoms with Gasteiger partial charge in [0.05, 0.1) is 12.8 Å². The third-order valence-electron chi connectivity index (χ3n) is 3.83. The number of amides is 1. The normalized spacial score (nSPS) is 13.5. The van der Waals surface area contributed by atoms with E-state index in [1.54, 1.807) is 17.0 Å². The zero-order valence-electron chi connectivity index (χ0n) is 13.3. The van der Waals surface area contributed by atoms with E-state index in [4.69, 9.17) is 9.47 Å². The van der Waals surface area contributed by atoms with Crippen molar-refractivity contribution in [2.75, 3.05) is 25.2 Å². The van der Waals surface area contributed by atoms with E-state index in [1.807, 2.05) is 0 Å². The van der Waals surface area contributed by atoms with Crippen LogP contribution in [0.1, 0.15) is 49.4 Å². The van der Waals surface area contributed by atoms with Crippen LogP contribution >= 0.6 is 0 Å². The fraction of sp³-hybridized carbons (Fsp3) is 0.529. The molecule has 120 valence electrons. The van der Waals surface area contributed by atoms with Crippen LogP contribution in [0.5, 0.6) is 11.5 Å². The quantitative estimate of drug-likeness (QED) is 0.546. The minimum atomic E-state index is -0.0758. The maximum atomic E-state index is 12.1. The molecule has 0 radical (unpaired) electrons. The van der Waals surface area contributed by atoms with Crippen molar-refractivity contribution in [2.24, 2.45) is 0 Å². The van der Waals surface area contributed by atoms with E-state index in [0.29, 0.717) is 29.3 Å². The van der Waals surface area contributed by atoms with Crippen molar-refractivity contribution in [1.29, 1.82) is 0 Å². The molecule has 1 amide bonds. The smallest absolute Gasteiger partial charge is 0.265 e. The number of unbranched alkanes of at least 4 members (excludes halogenated alkanes) is 4. The number of carbonyl (C=O) groups excluding carboxylic acids is 2. The molecule has 0 aliphatic carbocycles. The summed E-state index contributed by atoms with van der Waals surface area (Å²) in [6.07, 6.45) is 6.38. The number of hydrogen-bond acceptors (Lipinski definition) is 4. The number of methoxy groups -OCH3 is 1. The van der Waals surface area contributed by atoms with Crippen molar-refractivity contribution < 1.29 is 19.1 Å². The first-order valence-electron chi connectivity index (χ1n) is 7.81. The van der Waals surface area contributed by atoms with Crippen LogP contribution in [-0.4, -0.2) is 32.5 Å². The molecule has 0 unspecified atom stereocenters. The third-order valence-corrected chi connectivity index (χ3v) is 3.83. The Morgan fingerprint density at radius 1 is 1.27 bits per heavy atom. The van der Waals surface area contributed by atoms with Crippen LogP contribution < -0.4 is 14.4 Å². The van der Waals surface area contributed by atoms with Gasteiger partial charge in [-0.1, -0.05) is 32.6 Å². The van der Waals surface area contributed by atoms with Gasteiger partial charge in [0.25, 0.3) is 5.91 Å².